The number of rotatable bonds is 7. The van der Waals surface area contributed by atoms with Crippen molar-refractivity contribution in [2.75, 3.05) is 32.7 Å². The van der Waals surface area contributed by atoms with E-state index in [4.69, 9.17) is 0 Å². The van der Waals surface area contributed by atoms with Crippen molar-refractivity contribution in [3.63, 3.8) is 0 Å². The van der Waals surface area contributed by atoms with Gasteiger partial charge >= 0.3 is 0 Å². The molecule has 3 rings (SSSR count). The number of nitrogens with one attached hydrogen (secondary N) is 1. The highest BCUT2D eigenvalue weighted by atomic mass is 16.2. The molecule has 1 aromatic heterocycles. The van der Waals surface area contributed by atoms with E-state index in [0.29, 0.717) is 6.04 Å². The predicted molar refractivity (Wildman–Crippen MR) is 90.2 cm³/mol. The van der Waals surface area contributed by atoms with Crippen LogP contribution in [-0.4, -0.2) is 70.1 Å². The number of imidazole rings is 1. The second-order valence-corrected chi connectivity index (χ2v) is 6.86. The molecule has 23 heavy (non-hydrogen) atoms. The van der Waals surface area contributed by atoms with Crippen LogP contribution in [-0.2, 0) is 11.3 Å². The molecule has 6 nitrogen and oxygen atoms in total. The normalized spacial score (nSPS) is 21.3. The lowest BCUT2D eigenvalue weighted by atomic mass is 10.2. The molecular formula is C17H29N5O. The second-order valence-electron chi connectivity index (χ2n) is 6.86. The third-order valence-electron chi connectivity index (χ3n) is 5.05. The molecule has 0 radical (unpaired) electrons. The summed E-state index contributed by atoms with van der Waals surface area (Å²) in [5.41, 5.74) is 0. The summed E-state index contributed by atoms with van der Waals surface area (Å²) >= 11 is 0. The molecule has 2 heterocycles. The standard InChI is InChI=1S/C17H29N5O/c1-14(17(23)19-16-4-5-16)21-12-10-20(11-13-21)7-3-8-22-9-6-18-15(22)2/h6,9,14,16H,3-5,7-8,10-13H2,1-2H3,(H,19,23)/t14-/m0/s1. The minimum Gasteiger partial charge on any atom is -0.352 e. The van der Waals surface area contributed by atoms with E-state index in [1.165, 1.54) is 0 Å². The van der Waals surface area contributed by atoms with E-state index in [1.54, 1.807) is 0 Å². The van der Waals surface area contributed by atoms with Crippen LogP contribution in [0.1, 0.15) is 32.0 Å². The van der Waals surface area contributed by atoms with E-state index in [1.807, 2.05) is 26.2 Å². The van der Waals surface area contributed by atoms with Crippen molar-refractivity contribution in [1.29, 1.82) is 0 Å². The Morgan fingerprint density at radius 1 is 1.30 bits per heavy atom. The van der Waals surface area contributed by atoms with Crippen molar-refractivity contribution in [2.45, 2.75) is 51.7 Å². The molecule has 1 amide bonds. The number of aryl methyl sites for hydroxylation is 2. The Bertz CT molecular complexity index is 517. The number of amides is 1. The first-order chi connectivity index (χ1) is 11.1. The summed E-state index contributed by atoms with van der Waals surface area (Å²) in [6.45, 7) is 10.3. The summed E-state index contributed by atoms with van der Waals surface area (Å²) in [6, 6.07) is 0.462. The monoisotopic (exact) mass is 319 g/mol. The summed E-state index contributed by atoms with van der Waals surface area (Å²) < 4.78 is 2.21. The Hall–Kier alpha value is -1.40. The fourth-order valence-corrected chi connectivity index (χ4v) is 3.19. The van der Waals surface area contributed by atoms with Gasteiger partial charge in [0, 0.05) is 51.2 Å². The summed E-state index contributed by atoms with van der Waals surface area (Å²) in [7, 11) is 0. The van der Waals surface area contributed by atoms with Gasteiger partial charge in [-0.05, 0) is 39.7 Å². The van der Waals surface area contributed by atoms with Crippen LogP contribution in [0, 0.1) is 6.92 Å². The van der Waals surface area contributed by atoms with Gasteiger partial charge in [0.25, 0.3) is 0 Å². The maximum absolute atomic E-state index is 12.1. The molecule has 1 N–H and O–H groups in total. The van der Waals surface area contributed by atoms with E-state index in [2.05, 4.69) is 24.7 Å². The summed E-state index contributed by atoms with van der Waals surface area (Å²) in [5.74, 6) is 1.29. The largest absolute Gasteiger partial charge is 0.352 e. The second kappa shape index (κ2) is 7.45. The Balaban J connectivity index is 1.34. The highest BCUT2D eigenvalue weighted by Gasteiger charge is 2.29. The van der Waals surface area contributed by atoms with Gasteiger partial charge in [-0.25, -0.2) is 4.98 Å². The van der Waals surface area contributed by atoms with Gasteiger partial charge in [0.15, 0.2) is 0 Å². The zero-order valence-electron chi connectivity index (χ0n) is 14.4. The van der Waals surface area contributed by atoms with Crippen LogP contribution in [0.4, 0.5) is 0 Å². The average molecular weight is 319 g/mol. The van der Waals surface area contributed by atoms with Crippen molar-refractivity contribution in [3.8, 4) is 0 Å². The molecular weight excluding hydrogens is 290 g/mol. The van der Waals surface area contributed by atoms with Crippen LogP contribution < -0.4 is 5.32 Å². The molecule has 6 heteroatoms. The van der Waals surface area contributed by atoms with Crippen molar-refractivity contribution < 1.29 is 4.79 Å². The number of carbonyl (C=O) groups excluding carboxylic acids is 1. The first kappa shape index (κ1) is 16.5. The van der Waals surface area contributed by atoms with Crippen molar-refractivity contribution >= 4 is 5.91 Å². The maximum atomic E-state index is 12.1. The molecule has 128 valence electrons. The van der Waals surface area contributed by atoms with Crippen LogP contribution >= 0.6 is 0 Å². The zero-order valence-corrected chi connectivity index (χ0v) is 14.4. The number of aromatic nitrogens is 2. The highest BCUT2D eigenvalue weighted by molar-refractivity contribution is 5.81. The van der Waals surface area contributed by atoms with E-state index >= 15 is 0 Å². The number of carbonyl (C=O) groups is 1. The topological polar surface area (TPSA) is 53.4 Å². The molecule has 0 bridgehead atoms. The van der Waals surface area contributed by atoms with Gasteiger partial charge in [-0.1, -0.05) is 0 Å². The average Bonchev–Trinajstić information content (AvgIpc) is 3.28. The van der Waals surface area contributed by atoms with E-state index in [-0.39, 0.29) is 11.9 Å². The minimum absolute atomic E-state index is 0.00588. The summed E-state index contributed by atoms with van der Waals surface area (Å²) in [4.78, 5) is 21.2. The van der Waals surface area contributed by atoms with Gasteiger partial charge in [0.2, 0.25) is 5.91 Å². The maximum Gasteiger partial charge on any atom is 0.237 e. The molecule has 2 fully saturated rings. The lowest BCUT2D eigenvalue weighted by Gasteiger charge is -2.37. The van der Waals surface area contributed by atoms with Gasteiger partial charge in [-0.2, -0.15) is 0 Å². The van der Waals surface area contributed by atoms with E-state index < -0.39 is 0 Å². The molecule has 1 aliphatic carbocycles. The molecule has 1 saturated heterocycles. The number of hydrogen-bond donors (Lipinski definition) is 1. The molecule has 2 aliphatic rings. The minimum atomic E-state index is 0.00588. The van der Waals surface area contributed by atoms with Crippen LogP contribution in [0.15, 0.2) is 12.4 Å². The van der Waals surface area contributed by atoms with Crippen molar-refractivity contribution in [1.82, 2.24) is 24.7 Å². The first-order valence-electron chi connectivity index (χ1n) is 8.88. The lowest BCUT2D eigenvalue weighted by molar-refractivity contribution is -0.126. The Morgan fingerprint density at radius 2 is 2.04 bits per heavy atom. The van der Waals surface area contributed by atoms with Gasteiger partial charge < -0.3 is 14.8 Å². The Labute approximate surface area is 138 Å². The van der Waals surface area contributed by atoms with Crippen LogP contribution in [0.5, 0.6) is 0 Å². The third-order valence-corrected chi connectivity index (χ3v) is 5.05. The van der Waals surface area contributed by atoms with E-state index in [9.17, 15) is 4.79 Å². The van der Waals surface area contributed by atoms with Gasteiger partial charge in [-0.3, -0.25) is 9.69 Å². The smallest absolute Gasteiger partial charge is 0.237 e. The first-order valence-corrected chi connectivity index (χ1v) is 8.88. The SMILES string of the molecule is Cc1nccn1CCCN1CCN([C@@H](C)C(=O)NC2CC2)CC1. The molecule has 1 aliphatic heterocycles. The van der Waals surface area contributed by atoms with Crippen LogP contribution in [0.2, 0.25) is 0 Å². The molecule has 1 aromatic rings. The summed E-state index contributed by atoms with van der Waals surface area (Å²) in [5, 5.41) is 3.11. The zero-order chi connectivity index (χ0) is 16.2. The fraction of sp³-hybridized carbons (Fsp3) is 0.765. The molecule has 1 saturated carbocycles. The number of nitrogens with zero attached hydrogens (tertiary/aromatic N) is 4. The Kier molecular flexibility index (Phi) is 5.33. The highest BCUT2D eigenvalue weighted by Crippen LogP contribution is 2.19. The molecule has 1 atom stereocenters. The number of hydrogen-bond acceptors (Lipinski definition) is 4. The molecule has 0 unspecified atom stereocenters. The number of piperazine rings is 1. The van der Waals surface area contributed by atoms with Crippen LogP contribution in [0.25, 0.3) is 0 Å². The third kappa shape index (κ3) is 4.54. The Morgan fingerprint density at radius 3 is 2.65 bits per heavy atom. The predicted octanol–water partition coefficient (Wildman–Crippen LogP) is 0.866. The summed E-state index contributed by atoms with van der Waals surface area (Å²) in [6.07, 6.45) is 7.37. The fourth-order valence-electron chi connectivity index (χ4n) is 3.19. The van der Waals surface area contributed by atoms with E-state index in [0.717, 1.165) is 64.4 Å². The molecule has 0 spiro atoms. The van der Waals surface area contributed by atoms with Crippen LogP contribution in [0.3, 0.4) is 0 Å². The molecule has 0 aromatic carbocycles. The van der Waals surface area contributed by atoms with Gasteiger partial charge in [-0.15, -0.1) is 0 Å². The van der Waals surface area contributed by atoms with Crippen molar-refractivity contribution in [3.05, 3.63) is 18.2 Å². The van der Waals surface area contributed by atoms with Gasteiger partial charge in [0.05, 0.1) is 6.04 Å². The van der Waals surface area contributed by atoms with Crippen molar-refractivity contribution in [2.24, 2.45) is 0 Å². The lowest BCUT2D eigenvalue weighted by Crippen LogP contribution is -2.54. The quantitative estimate of drug-likeness (QED) is 0.810. The van der Waals surface area contributed by atoms with Gasteiger partial charge in [0.1, 0.15) is 5.82 Å².